The van der Waals surface area contributed by atoms with E-state index in [1.54, 1.807) is 6.20 Å². The van der Waals surface area contributed by atoms with Gasteiger partial charge in [0.25, 0.3) is 0 Å². The first-order chi connectivity index (χ1) is 12.1. The molecular weight excluding hydrogens is 318 g/mol. The van der Waals surface area contributed by atoms with Crippen LogP contribution < -0.4 is 0 Å². The number of rotatable bonds is 5. The smallest absolute Gasteiger partial charge is 0.223 e. The Balaban J connectivity index is 1.42. The molecule has 1 atom stereocenters. The first-order valence-electron chi connectivity index (χ1n) is 9.26. The average molecular weight is 347 g/mol. The molecule has 1 aromatic heterocycles. The Morgan fingerprint density at radius 3 is 2.96 bits per heavy atom. The number of nitrogens with zero attached hydrogens (tertiary/aromatic N) is 3. The van der Waals surface area contributed by atoms with E-state index in [0.29, 0.717) is 19.5 Å². The Bertz CT molecular complexity index is 558. The van der Waals surface area contributed by atoms with Crippen LogP contribution in [0.5, 0.6) is 0 Å². The van der Waals surface area contributed by atoms with Crippen LogP contribution in [0.3, 0.4) is 0 Å². The molecule has 0 radical (unpaired) electrons. The van der Waals surface area contributed by atoms with Gasteiger partial charge >= 0.3 is 0 Å². The number of carbonyl (C=O) groups is 1. The fourth-order valence-corrected chi connectivity index (χ4v) is 3.85. The molecular formula is C19H29N3O3. The molecule has 1 spiro atoms. The number of hydrogen-bond donors (Lipinski definition) is 1. The Morgan fingerprint density at radius 2 is 2.28 bits per heavy atom. The van der Waals surface area contributed by atoms with Crippen LogP contribution >= 0.6 is 0 Å². The lowest BCUT2D eigenvalue weighted by Crippen LogP contribution is -2.56. The number of piperidine rings is 1. The van der Waals surface area contributed by atoms with Gasteiger partial charge < -0.3 is 19.6 Å². The van der Waals surface area contributed by atoms with Crippen LogP contribution in [-0.2, 0) is 16.1 Å². The summed E-state index contributed by atoms with van der Waals surface area (Å²) < 4.78 is 5.91. The van der Waals surface area contributed by atoms with Crippen molar-refractivity contribution in [2.45, 2.75) is 50.4 Å². The second-order valence-corrected chi connectivity index (χ2v) is 7.30. The van der Waals surface area contributed by atoms with Crippen LogP contribution in [0.1, 0.15) is 37.7 Å². The van der Waals surface area contributed by atoms with Gasteiger partial charge in [0.15, 0.2) is 0 Å². The Hall–Kier alpha value is -1.50. The van der Waals surface area contributed by atoms with Crippen molar-refractivity contribution in [3.05, 3.63) is 30.1 Å². The lowest BCUT2D eigenvalue weighted by atomic mass is 9.82. The molecule has 2 aliphatic rings. The maximum atomic E-state index is 12.5. The predicted octanol–water partition coefficient (Wildman–Crippen LogP) is 1.44. The molecule has 3 rings (SSSR count). The normalized spacial score (nSPS) is 23.2. The summed E-state index contributed by atoms with van der Waals surface area (Å²) in [6, 6.07) is 3.98. The van der Waals surface area contributed by atoms with Crippen LogP contribution in [0.2, 0.25) is 0 Å². The van der Waals surface area contributed by atoms with Crippen molar-refractivity contribution in [1.82, 2.24) is 14.8 Å². The van der Waals surface area contributed by atoms with Gasteiger partial charge in [-0.1, -0.05) is 6.07 Å². The number of aromatic nitrogens is 1. The number of pyridine rings is 1. The van der Waals surface area contributed by atoms with E-state index in [2.05, 4.69) is 9.88 Å². The average Bonchev–Trinajstić information content (AvgIpc) is 2.64. The van der Waals surface area contributed by atoms with Crippen LogP contribution in [0.15, 0.2) is 24.5 Å². The molecule has 1 aromatic rings. The van der Waals surface area contributed by atoms with Gasteiger partial charge in [-0.25, -0.2) is 0 Å². The molecule has 0 aromatic carbocycles. The van der Waals surface area contributed by atoms with Crippen molar-refractivity contribution in [3.8, 4) is 0 Å². The van der Waals surface area contributed by atoms with E-state index in [4.69, 9.17) is 4.74 Å². The molecule has 6 nitrogen and oxygen atoms in total. The zero-order chi connectivity index (χ0) is 17.7. The summed E-state index contributed by atoms with van der Waals surface area (Å²) in [7, 11) is 2.03. The molecule has 2 fully saturated rings. The molecule has 3 heterocycles. The van der Waals surface area contributed by atoms with Gasteiger partial charge in [-0.15, -0.1) is 0 Å². The third-order valence-electron chi connectivity index (χ3n) is 5.46. The summed E-state index contributed by atoms with van der Waals surface area (Å²) in [5, 5.41) is 10.3. The first-order valence-corrected chi connectivity index (χ1v) is 9.26. The second-order valence-electron chi connectivity index (χ2n) is 7.30. The molecule has 2 saturated heterocycles. The summed E-state index contributed by atoms with van der Waals surface area (Å²) >= 11 is 0. The van der Waals surface area contributed by atoms with Crippen LogP contribution in [0.4, 0.5) is 0 Å². The number of aliphatic hydroxyl groups excluding tert-OH is 1. The summed E-state index contributed by atoms with van der Waals surface area (Å²) in [5.74, 6) is 0.193. The Kier molecular flexibility index (Phi) is 6.04. The highest BCUT2D eigenvalue weighted by molar-refractivity contribution is 5.76. The monoisotopic (exact) mass is 347 g/mol. The van der Waals surface area contributed by atoms with Crippen molar-refractivity contribution in [2.24, 2.45) is 0 Å². The third-order valence-corrected chi connectivity index (χ3v) is 5.46. The van der Waals surface area contributed by atoms with E-state index in [9.17, 15) is 9.90 Å². The SMILES string of the molecule is CN(CCC(=O)N1CCC2(CC1)OCCCC2O)Cc1cccnc1. The van der Waals surface area contributed by atoms with Crippen LogP contribution in [0, 0.1) is 0 Å². The molecule has 2 aliphatic heterocycles. The maximum Gasteiger partial charge on any atom is 0.223 e. The summed E-state index contributed by atoms with van der Waals surface area (Å²) in [4.78, 5) is 20.7. The largest absolute Gasteiger partial charge is 0.390 e. The second kappa shape index (κ2) is 8.25. The van der Waals surface area contributed by atoms with Gasteiger partial charge in [0.2, 0.25) is 5.91 Å². The van der Waals surface area contributed by atoms with Crippen LogP contribution in [0.25, 0.3) is 0 Å². The predicted molar refractivity (Wildman–Crippen MR) is 94.9 cm³/mol. The van der Waals surface area contributed by atoms with Gasteiger partial charge in [0.05, 0.1) is 11.7 Å². The van der Waals surface area contributed by atoms with E-state index >= 15 is 0 Å². The summed E-state index contributed by atoms with van der Waals surface area (Å²) in [6.07, 6.45) is 6.98. The number of ether oxygens (including phenoxy) is 1. The van der Waals surface area contributed by atoms with Crippen molar-refractivity contribution in [1.29, 1.82) is 0 Å². The van der Waals surface area contributed by atoms with Crippen molar-refractivity contribution >= 4 is 5.91 Å². The molecule has 1 unspecified atom stereocenters. The molecule has 25 heavy (non-hydrogen) atoms. The topological polar surface area (TPSA) is 65.9 Å². The van der Waals surface area contributed by atoms with Crippen LogP contribution in [-0.4, -0.2) is 70.8 Å². The molecule has 1 N–H and O–H groups in total. The molecule has 0 aliphatic carbocycles. The van der Waals surface area contributed by atoms with Gasteiger partial charge in [-0.05, 0) is 44.4 Å². The number of carbonyl (C=O) groups excluding carboxylic acids is 1. The molecule has 138 valence electrons. The highest BCUT2D eigenvalue weighted by Crippen LogP contribution is 2.35. The summed E-state index contributed by atoms with van der Waals surface area (Å²) in [6.45, 7) is 3.62. The Labute approximate surface area is 149 Å². The van der Waals surface area contributed by atoms with E-state index in [0.717, 1.165) is 50.9 Å². The van der Waals surface area contributed by atoms with Gasteiger partial charge in [-0.2, -0.15) is 0 Å². The van der Waals surface area contributed by atoms with Gasteiger partial charge in [0.1, 0.15) is 0 Å². The number of aliphatic hydroxyl groups is 1. The Morgan fingerprint density at radius 1 is 1.48 bits per heavy atom. The fourth-order valence-electron chi connectivity index (χ4n) is 3.85. The molecule has 1 amide bonds. The van der Waals surface area contributed by atoms with Gasteiger partial charge in [0, 0.05) is 51.6 Å². The molecule has 0 saturated carbocycles. The highest BCUT2D eigenvalue weighted by atomic mass is 16.5. The lowest BCUT2D eigenvalue weighted by Gasteiger charge is -2.46. The van der Waals surface area contributed by atoms with E-state index < -0.39 is 5.60 Å². The third kappa shape index (κ3) is 4.57. The quantitative estimate of drug-likeness (QED) is 0.873. The minimum absolute atomic E-state index is 0.193. The molecule has 6 heteroatoms. The van der Waals surface area contributed by atoms with Crippen molar-refractivity contribution < 1.29 is 14.6 Å². The first kappa shape index (κ1) is 18.3. The van der Waals surface area contributed by atoms with E-state index in [1.165, 1.54) is 0 Å². The van der Waals surface area contributed by atoms with Gasteiger partial charge in [-0.3, -0.25) is 9.78 Å². The minimum Gasteiger partial charge on any atom is -0.390 e. The highest BCUT2D eigenvalue weighted by Gasteiger charge is 2.44. The number of likely N-dealkylation sites (tertiary alicyclic amines) is 1. The van der Waals surface area contributed by atoms with E-state index in [-0.39, 0.29) is 12.0 Å². The lowest BCUT2D eigenvalue weighted by molar-refractivity contribution is -0.179. The van der Waals surface area contributed by atoms with E-state index in [1.807, 2.05) is 30.3 Å². The zero-order valence-corrected chi connectivity index (χ0v) is 15.1. The van der Waals surface area contributed by atoms with Crippen molar-refractivity contribution in [2.75, 3.05) is 33.3 Å². The minimum atomic E-state index is -0.411. The number of hydrogen-bond acceptors (Lipinski definition) is 5. The number of amides is 1. The van der Waals surface area contributed by atoms with Crippen molar-refractivity contribution in [3.63, 3.8) is 0 Å². The maximum absolute atomic E-state index is 12.5. The standard InChI is InChI=1S/C19H29N3O3/c1-21(15-16-4-2-9-20-14-16)10-6-18(24)22-11-7-19(8-12-22)17(23)5-3-13-25-19/h2,4,9,14,17,23H,3,5-8,10-13,15H2,1H3. The molecule has 0 bridgehead atoms. The summed E-state index contributed by atoms with van der Waals surface area (Å²) in [5.41, 5.74) is 0.743. The fraction of sp³-hybridized carbons (Fsp3) is 0.684. The zero-order valence-electron chi connectivity index (χ0n) is 15.1.